The Morgan fingerprint density at radius 3 is 2.77 bits per heavy atom. The Bertz CT molecular complexity index is 763. The molecule has 7 heteroatoms. The van der Waals surface area contributed by atoms with Crippen molar-refractivity contribution in [3.8, 4) is 0 Å². The topological polar surface area (TPSA) is 84.7 Å². The summed E-state index contributed by atoms with van der Waals surface area (Å²) in [6.07, 6.45) is 6.70. The SMILES string of the molecule is Nc1c2c(c(SCc3nnc(C4CC4)s3)[nH]c1=O)CCCC2. The normalized spacial score (nSPS) is 17.5. The number of aromatic nitrogens is 3. The molecule has 116 valence electrons. The molecule has 22 heavy (non-hydrogen) atoms. The lowest BCUT2D eigenvalue weighted by molar-refractivity contribution is 0.667. The third-order valence-electron chi connectivity index (χ3n) is 4.29. The summed E-state index contributed by atoms with van der Waals surface area (Å²) >= 11 is 3.36. The summed E-state index contributed by atoms with van der Waals surface area (Å²) in [4.78, 5) is 15.0. The average Bonchev–Trinajstić information content (AvgIpc) is 3.28. The van der Waals surface area contributed by atoms with E-state index in [4.69, 9.17) is 5.73 Å². The first-order valence-corrected chi connectivity index (χ1v) is 9.51. The summed E-state index contributed by atoms with van der Waals surface area (Å²) in [5, 5.41) is 11.7. The average molecular weight is 334 g/mol. The number of aromatic amines is 1. The molecule has 1 saturated carbocycles. The Morgan fingerprint density at radius 2 is 2.00 bits per heavy atom. The Morgan fingerprint density at radius 1 is 1.23 bits per heavy atom. The zero-order valence-electron chi connectivity index (χ0n) is 12.2. The summed E-state index contributed by atoms with van der Waals surface area (Å²) in [5.74, 6) is 1.41. The number of nitrogen functional groups attached to an aromatic ring is 1. The van der Waals surface area contributed by atoms with E-state index in [0.29, 0.717) is 11.6 Å². The van der Waals surface area contributed by atoms with Crippen LogP contribution in [0.4, 0.5) is 5.69 Å². The van der Waals surface area contributed by atoms with Crippen LogP contribution in [0.1, 0.15) is 52.7 Å². The number of H-pyrrole nitrogens is 1. The van der Waals surface area contributed by atoms with Crippen molar-refractivity contribution in [1.29, 1.82) is 0 Å². The molecule has 2 aliphatic rings. The fourth-order valence-electron chi connectivity index (χ4n) is 2.91. The number of thioether (sulfide) groups is 1. The lowest BCUT2D eigenvalue weighted by atomic mass is 9.92. The Hall–Kier alpha value is -1.34. The Kier molecular flexibility index (Phi) is 3.69. The Balaban J connectivity index is 1.56. The predicted octanol–water partition coefficient (Wildman–Crippen LogP) is 2.86. The largest absolute Gasteiger partial charge is 0.394 e. The molecule has 0 aliphatic heterocycles. The van der Waals surface area contributed by atoms with Crippen LogP contribution in [0.3, 0.4) is 0 Å². The molecule has 0 unspecified atom stereocenters. The summed E-state index contributed by atoms with van der Waals surface area (Å²) in [6, 6.07) is 0. The number of hydrogen-bond acceptors (Lipinski definition) is 6. The Labute approximate surface area is 136 Å². The highest BCUT2D eigenvalue weighted by molar-refractivity contribution is 7.98. The summed E-state index contributed by atoms with van der Waals surface area (Å²) in [5.41, 5.74) is 8.50. The minimum atomic E-state index is -0.154. The van der Waals surface area contributed by atoms with Gasteiger partial charge in [0.1, 0.15) is 15.7 Å². The van der Waals surface area contributed by atoms with Crippen molar-refractivity contribution >= 4 is 28.8 Å². The molecule has 2 aliphatic carbocycles. The number of pyridine rings is 1. The monoisotopic (exact) mass is 334 g/mol. The van der Waals surface area contributed by atoms with Gasteiger partial charge in [-0.25, -0.2) is 0 Å². The molecule has 2 aromatic rings. The van der Waals surface area contributed by atoms with Crippen LogP contribution in [-0.4, -0.2) is 15.2 Å². The molecular weight excluding hydrogens is 316 g/mol. The number of nitrogens with one attached hydrogen (secondary N) is 1. The van der Waals surface area contributed by atoms with E-state index in [0.717, 1.165) is 47.0 Å². The quantitative estimate of drug-likeness (QED) is 0.840. The third kappa shape index (κ3) is 2.67. The van der Waals surface area contributed by atoms with Crippen LogP contribution in [0.25, 0.3) is 0 Å². The molecule has 0 spiro atoms. The molecule has 0 radical (unpaired) electrons. The van der Waals surface area contributed by atoms with Gasteiger partial charge in [-0.2, -0.15) is 0 Å². The zero-order valence-corrected chi connectivity index (χ0v) is 13.9. The van der Waals surface area contributed by atoms with E-state index in [1.165, 1.54) is 23.4 Å². The van der Waals surface area contributed by atoms with Gasteiger partial charge in [-0.15, -0.1) is 33.3 Å². The first-order chi connectivity index (χ1) is 10.7. The maximum atomic E-state index is 12.0. The number of fused-ring (bicyclic) bond motifs is 1. The van der Waals surface area contributed by atoms with Gasteiger partial charge >= 0.3 is 0 Å². The van der Waals surface area contributed by atoms with Crippen molar-refractivity contribution in [2.75, 3.05) is 5.73 Å². The first kappa shape index (κ1) is 14.3. The smallest absolute Gasteiger partial charge is 0.272 e. The van der Waals surface area contributed by atoms with Crippen molar-refractivity contribution in [3.05, 3.63) is 31.5 Å². The molecule has 0 atom stereocenters. The number of rotatable bonds is 4. The van der Waals surface area contributed by atoms with Crippen molar-refractivity contribution < 1.29 is 0 Å². The molecule has 5 nitrogen and oxygen atoms in total. The van der Waals surface area contributed by atoms with Crippen molar-refractivity contribution in [1.82, 2.24) is 15.2 Å². The molecular formula is C15H18N4OS2. The minimum absolute atomic E-state index is 0.154. The fourth-order valence-corrected chi connectivity index (χ4v) is 5.02. The second-order valence-electron chi connectivity index (χ2n) is 5.96. The minimum Gasteiger partial charge on any atom is -0.394 e. The second-order valence-corrected chi connectivity index (χ2v) is 8.04. The highest BCUT2D eigenvalue weighted by atomic mass is 32.2. The second kappa shape index (κ2) is 5.70. The number of anilines is 1. The van der Waals surface area contributed by atoms with Crippen LogP contribution >= 0.6 is 23.1 Å². The highest BCUT2D eigenvalue weighted by Crippen LogP contribution is 2.42. The molecule has 0 amide bonds. The summed E-state index contributed by atoms with van der Waals surface area (Å²) in [6.45, 7) is 0. The van der Waals surface area contributed by atoms with Crippen molar-refractivity contribution in [3.63, 3.8) is 0 Å². The highest BCUT2D eigenvalue weighted by Gasteiger charge is 2.27. The van der Waals surface area contributed by atoms with Crippen LogP contribution in [0.2, 0.25) is 0 Å². The maximum absolute atomic E-state index is 12.0. The van der Waals surface area contributed by atoms with E-state index in [1.807, 2.05) is 0 Å². The molecule has 0 aromatic carbocycles. The van der Waals surface area contributed by atoms with Gasteiger partial charge in [0.25, 0.3) is 5.56 Å². The maximum Gasteiger partial charge on any atom is 0.272 e. The predicted molar refractivity (Wildman–Crippen MR) is 89.6 cm³/mol. The van der Waals surface area contributed by atoms with Gasteiger partial charge in [0, 0.05) is 5.92 Å². The molecule has 0 bridgehead atoms. The van der Waals surface area contributed by atoms with Gasteiger partial charge in [0.2, 0.25) is 0 Å². The molecule has 4 rings (SSSR count). The van der Waals surface area contributed by atoms with Gasteiger partial charge in [0.15, 0.2) is 0 Å². The van der Waals surface area contributed by atoms with E-state index >= 15 is 0 Å². The molecule has 1 fully saturated rings. The van der Waals surface area contributed by atoms with E-state index in [9.17, 15) is 4.79 Å². The molecule has 3 N–H and O–H groups in total. The van der Waals surface area contributed by atoms with Gasteiger partial charge in [-0.3, -0.25) is 4.79 Å². The van der Waals surface area contributed by atoms with E-state index in [2.05, 4.69) is 15.2 Å². The summed E-state index contributed by atoms with van der Waals surface area (Å²) in [7, 11) is 0. The van der Waals surface area contributed by atoms with E-state index in [1.54, 1.807) is 23.1 Å². The number of hydrogen-bond donors (Lipinski definition) is 2. The van der Waals surface area contributed by atoms with Crippen LogP contribution in [0.5, 0.6) is 0 Å². The number of nitrogens with two attached hydrogens (primary N) is 1. The van der Waals surface area contributed by atoms with Crippen molar-refractivity contribution in [2.45, 2.75) is 55.2 Å². The van der Waals surface area contributed by atoms with Gasteiger partial charge in [0.05, 0.1) is 10.8 Å². The first-order valence-electron chi connectivity index (χ1n) is 7.71. The zero-order chi connectivity index (χ0) is 15.1. The van der Waals surface area contributed by atoms with E-state index < -0.39 is 0 Å². The van der Waals surface area contributed by atoms with Crippen LogP contribution in [0.15, 0.2) is 9.82 Å². The fraction of sp³-hybridized carbons (Fsp3) is 0.533. The molecule has 2 heterocycles. The summed E-state index contributed by atoms with van der Waals surface area (Å²) < 4.78 is 0. The van der Waals surface area contributed by atoms with Crippen LogP contribution in [0, 0.1) is 0 Å². The molecule has 2 aromatic heterocycles. The lowest BCUT2D eigenvalue weighted by Crippen LogP contribution is -2.20. The van der Waals surface area contributed by atoms with Gasteiger partial charge in [-0.1, -0.05) is 0 Å². The molecule has 0 saturated heterocycles. The van der Waals surface area contributed by atoms with E-state index in [-0.39, 0.29) is 5.56 Å². The third-order valence-corrected chi connectivity index (χ3v) is 6.61. The van der Waals surface area contributed by atoms with Gasteiger partial charge < -0.3 is 10.7 Å². The van der Waals surface area contributed by atoms with Crippen LogP contribution < -0.4 is 11.3 Å². The van der Waals surface area contributed by atoms with Gasteiger partial charge in [-0.05, 0) is 49.7 Å². The van der Waals surface area contributed by atoms with Crippen molar-refractivity contribution in [2.24, 2.45) is 0 Å². The number of nitrogens with zero attached hydrogens (tertiary/aromatic N) is 2. The standard InChI is InChI=1S/C15H18N4OS2/c16-12-9-3-1-2-4-10(9)15(17-13(12)20)21-7-11-18-19-14(22-11)8-5-6-8/h8H,1-7,16H2,(H,17,20). The van der Waals surface area contributed by atoms with Crippen LogP contribution in [-0.2, 0) is 18.6 Å². The lowest BCUT2D eigenvalue weighted by Gasteiger charge is -2.20.